The molecule has 1 fully saturated rings. The summed E-state index contributed by atoms with van der Waals surface area (Å²) in [7, 11) is 0. The second-order valence-electron chi connectivity index (χ2n) is 4.41. The van der Waals surface area contributed by atoms with Gasteiger partial charge in [-0.2, -0.15) is 4.98 Å². The molecule has 0 aliphatic heterocycles. The first-order chi connectivity index (χ1) is 8.74. The first-order valence-corrected chi connectivity index (χ1v) is 5.84. The van der Waals surface area contributed by atoms with Gasteiger partial charge in [0.05, 0.1) is 12.0 Å². The minimum atomic E-state index is -0.404. The fourth-order valence-corrected chi connectivity index (χ4v) is 1.78. The topological polar surface area (TPSA) is 56.0 Å². The van der Waals surface area contributed by atoms with Gasteiger partial charge in [0.1, 0.15) is 11.6 Å². The molecule has 1 aliphatic carbocycles. The van der Waals surface area contributed by atoms with Gasteiger partial charge in [-0.3, -0.25) is 4.79 Å². The highest BCUT2D eigenvalue weighted by molar-refractivity contribution is 5.84. The largest absolute Gasteiger partial charge is 0.338 e. The van der Waals surface area contributed by atoms with Crippen molar-refractivity contribution in [2.45, 2.75) is 19.3 Å². The lowest BCUT2D eigenvalue weighted by Crippen LogP contribution is -2.04. The predicted molar refractivity (Wildman–Crippen MR) is 61.1 cm³/mol. The Hall–Kier alpha value is -2.04. The van der Waals surface area contributed by atoms with E-state index in [0.717, 1.165) is 12.8 Å². The van der Waals surface area contributed by atoms with Gasteiger partial charge in [0, 0.05) is 5.92 Å². The second-order valence-corrected chi connectivity index (χ2v) is 4.41. The van der Waals surface area contributed by atoms with E-state index in [-0.39, 0.29) is 35.4 Å². The third-order valence-corrected chi connectivity index (χ3v) is 2.94. The Kier molecular flexibility index (Phi) is 2.66. The third-order valence-electron chi connectivity index (χ3n) is 2.94. The molecule has 1 heterocycles. The van der Waals surface area contributed by atoms with Gasteiger partial charge < -0.3 is 4.52 Å². The van der Waals surface area contributed by atoms with E-state index in [4.69, 9.17) is 4.52 Å². The van der Waals surface area contributed by atoms with E-state index < -0.39 is 5.82 Å². The predicted octanol–water partition coefficient (Wildman–Crippen LogP) is 2.40. The van der Waals surface area contributed by atoms with Crippen molar-refractivity contribution in [3.05, 3.63) is 36.0 Å². The molecule has 2 aromatic rings. The molecule has 0 N–H and O–H groups in total. The molecule has 4 nitrogen and oxygen atoms in total. The molecule has 5 heteroatoms. The average molecular weight is 246 g/mol. The summed E-state index contributed by atoms with van der Waals surface area (Å²) in [4.78, 5) is 15.6. The number of nitrogens with zero attached hydrogens (tertiary/aromatic N) is 2. The summed E-state index contributed by atoms with van der Waals surface area (Å²) in [5.74, 6) is 0.322. The Labute approximate surface area is 103 Å². The lowest BCUT2D eigenvalue weighted by atomic mass is 10.2. The van der Waals surface area contributed by atoms with Crippen LogP contribution >= 0.6 is 0 Å². The van der Waals surface area contributed by atoms with Crippen LogP contribution in [0.5, 0.6) is 0 Å². The zero-order chi connectivity index (χ0) is 12.5. The molecule has 0 radical (unpaired) electrons. The Balaban J connectivity index is 1.80. The van der Waals surface area contributed by atoms with E-state index >= 15 is 0 Å². The van der Waals surface area contributed by atoms with Crippen molar-refractivity contribution < 1.29 is 13.7 Å². The van der Waals surface area contributed by atoms with Crippen LogP contribution < -0.4 is 0 Å². The van der Waals surface area contributed by atoms with Gasteiger partial charge in [0.25, 0.3) is 0 Å². The Bertz CT molecular complexity index is 590. The lowest BCUT2D eigenvalue weighted by molar-refractivity contribution is -0.119. The first kappa shape index (κ1) is 11.1. The maximum absolute atomic E-state index is 13.5. The molecule has 1 aliphatic rings. The normalized spacial score (nSPS) is 14.7. The highest BCUT2D eigenvalue weighted by atomic mass is 19.1. The number of hydrogen-bond acceptors (Lipinski definition) is 4. The van der Waals surface area contributed by atoms with Gasteiger partial charge in [-0.25, -0.2) is 4.39 Å². The van der Waals surface area contributed by atoms with Crippen LogP contribution in [0.3, 0.4) is 0 Å². The van der Waals surface area contributed by atoms with Crippen LogP contribution in [0.2, 0.25) is 0 Å². The van der Waals surface area contributed by atoms with Crippen molar-refractivity contribution in [3.63, 3.8) is 0 Å². The summed E-state index contributed by atoms with van der Waals surface area (Å²) in [5.41, 5.74) is 0.284. The van der Waals surface area contributed by atoms with Crippen LogP contribution in [-0.2, 0) is 11.2 Å². The molecule has 0 atom stereocenters. The maximum atomic E-state index is 13.5. The van der Waals surface area contributed by atoms with Crippen LogP contribution in [0.1, 0.15) is 18.7 Å². The first-order valence-electron chi connectivity index (χ1n) is 5.84. The average Bonchev–Trinajstić information content (AvgIpc) is 3.12. The highest BCUT2D eigenvalue weighted by Gasteiger charge is 2.30. The number of carbonyl (C=O) groups is 1. The van der Waals surface area contributed by atoms with Crippen molar-refractivity contribution in [2.24, 2.45) is 5.92 Å². The van der Waals surface area contributed by atoms with Crippen molar-refractivity contribution in [1.29, 1.82) is 0 Å². The fraction of sp³-hybridized carbons (Fsp3) is 0.308. The van der Waals surface area contributed by atoms with Crippen LogP contribution in [0.15, 0.2) is 28.8 Å². The van der Waals surface area contributed by atoms with E-state index in [1.54, 1.807) is 18.2 Å². The zero-order valence-corrected chi connectivity index (χ0v) is 9.60. The van der Waals surface area contributed by atoms with Crippen molar-refractivity contribution >= 4 is 5.78 Å². The van der Waals surface area contributed by atoms with Crippen molar-refractivity contribution in [2.75, 3.05) is 0 Å². The summed E-state index contributed by atoms with van der Waals surface area (Å²) >= 11 is 0. The molecule has 1 aromatic carbocycles. The molecule has 1 saturated carbocycles. The SMILES string of the molecule is O=C(Cc1nc(-c2ccccc2F)no1)C1CC1. The van der Waals surface area contributed by atoms with Gasteiger partial charge in [0.15, 0.2) is 0 Å². The molecular formula is C13H11FN2O2. The number of carbonyl (C=O) groups excluding carboxylic acids is 1. The maximum Gasteiger partial charge on any atom is 0.234 e. The molecule has 92 valence electrons. The van der Waals surface area contributed by atoms with E-state index in [2.05, 4.69) is 10.1 Å². The minimum absolute atomic E-state index is 0.124. The Morgan fingerprint density at radius 1 is 1.39 bits per heavy atom. The number of halogens is 1. The van der Waals surface area contributed by atoms with Gasteiger partial charge in [-0.1, -0.05) is 17.3 Å². The summed E-state index contributed by atoms with van der Waals surface area (Å²) in [5, 5.41) is 3.70. The van der Waals surface area contributed by atoms with E-state index in [0.29, 0.717) is 0 Å². The molecule has 0 bridgehead atoms. The Morgan fingerprint density at radius 3 is 2.89 bits per heavy atom. The van der Waals surface area contributed by atoms with Crippen LogP contribution in [-0.4, -0.2) is 15.9 Å². The summed E-state index contributed by atoms with van der Waals surface area (Å²) in [6.45, 7) is 0. The molecule has 0 unspecified atom stereocenters. The number of benzene rings is 1. The van der Waals surface area contributed by atoms with Gasteiger partial charge in [-0.05, 0) is 25.0 Å². The van der Waals surface area contributed by atoms with Crippen LogP contribution in [0.25, 0.3) is 11.4 Å². The van der Waals surface area contributed by atoms with Crippen LogP contribution in [0.4, 0.5) is 4.39 Å². The zero-order valence-electron chi connectivity index (χ0n) is 9.60. The standard InChI is InChI=1S/C13H11FN2O2/c14-10-4-2-1-3-9(10)13-15-12(18-16-13)7-11(17)8-5-6-8/h1-4,8H,5-7H2. The van der Waals surface area contributed by atoms with E-state index in [1.165, 1.54) is 6.07 Å². The summed E-state index contributed by atoms with van der Waals surface area (Å²) < 4.78 is 18.5. The van der Waals surface area contributed by atoms with E-state index in [9.17, 15) is 9.18 Å². The number of aromatic nitrogens is 2. The molecular weight excluding hydrogens is 235 g/mol. The molecule has 0 spiro atoms. The molecule has 0 saturated heterocycles. The summed E-state index contributed by atoms with van der Waals surface area (Å²) in [6.07, 6.45) is 2.05. The molecule has 0 amide bonds. The molecule has 18 heavy (non-hydrogen) atoms. The lowest BCUT2D eigenvalue weighted by Gasteiger charge is -1.94. The second kappa shape index (κ2) is 4.33. The smallest absolute Gasteiger partial charge is 0.234 e. The van der Waals surface area contributed by atoms with Gasteiger partial charge in [-0.15, -0.1) is 0 Å². The van der Waals surface area contributed by atoms with Gasteiger partial charge in [0.2, 0.25) is 11.7 Å². The Morgan fingerprint density at radius 2 is 2.17 bits per heavy atom. The highest BCUT2D eigenvalue weighted by Crippen LogP contribution is 2.31. The minimum Gasteiger partial charge on any atom is -0.338 e. The summed E-state index contributed by atoms with van der Waals surface area (Å²) in [6, 6.07) is 6.20. The van der Waals surface area contributed by atoms with Gasteiger partial charge >= 0.3 is 0 Å². The molecule has 3 rings (SSSR count). The fourth-order valence-electron chi connectivity index (χ4n) is 1.78. The molecule has 1 aromatic heterocycles. The number of rotatable bonds is 4. The number of Topliss-reactive ketones (excluding diaryl/α,β-unsaturated/α-hetero) is 1. The number of hydrogen-bond donors (Lipinski definition) is 0. The number of ketones is 1. The van der Waals surface area contributed by atoms with E-state index in [1.807, 2.05) is 0 Å². The third kappa shape index (κ3) is 2.16. The quantitative estimate of drug-likeness (QED) is 0.831. The van der Waals surface area contributed by atoms with Crippen molar-refractivity contribution in [1.82, 2.24) is 10.1 Å². The monoisotopic (exact) mass is 246 g/mol. The van der Waals surface area contributed by atoms with Crippen molar-refractivity contribution in [3.8, 4) is 11.4 Å². The van der Waals surface area contributed by atoms with Crippen LogP contribution in [0, 0.1) is 11.7 Å².